The van der Waals surface area contributed by atoms with Crippen molar-refractivity contribution in [1.82, 2.24) is 5.32 Å². The topological polar surface area (TPSA) is 64.6 Å². The lowest BCUT2D eigenvalue weighted by atomic mass is 10.1. The lowest BCUT2D eigenvalue weighted by Crippen LogP contribution is -2.30. The van der Waals surface area contributed by atoms with Crippen molar-refractivity contribution in [3.8, 4) is 5.75 Å². The Bertz CT molecular complexity index is 746. The second kappa shape index (κ2) is 10.3. The Labute approximate surface area is 156 Å². The third-order valence-corrected chi connectivity index (χ3v) is 3.72. The maximum Gasteiger partial charge on any atom is 0.387 e. The van der Waals surface area contributed by atoms with Gasteiger partial charge in [-0.05, 0) is 36.6 Å². The number of hydrogen-bond acceptors (Lipinski definition) is 4. The number of hydrogen-bond donors (Lipinski definition) is 1. The van der Waals surface area contributed by atoms with Gasteiger partial charge < -0.3 is 14.8 Å². The highest BCUT2D eigenvalue weighted by atomic mass is 19.3. The fraction of sp³-hybridized carbons (Fsp3) is 0.300. The third kappa shape index (κ3) is 7.85. The van der Waals surface area contributed by atoms with Crippen molar-refractivity contribution < 1.29 is 27.8 Å². The van der Waals surface area contributed by atoms with Crippen LogP contribution in [0.1, 0.15) is 16.7 Å². The van der Waals surface area contributed by atoms with E-state index >= 15 is 0 Å². The quantitative estimate of drug-likeness (QED) is 0.683. The van der Waals surface area contributed by atoms with Gasteiger partial charge in [-0.1, -0.05) is 42.0 Å². The maximum absolute atomic E-state index is 12.1. The van der Waals surface area contributed by atoms with Gasteiger partial charge in [-0.25, -0.2) is 0 Å². The number of carbonyl (C=O) groups is 2. The Hall–Kier alpha value is -2.96. The molecule has 7 heteroatoms. The van der Waals surface area contributed by atoms with Gasteiger partial charge in [-0.3, -0.25) is 9.59 Å². The van der Waals surface area contributed by atoms with Gasteiger partial charge in [0.25, 0.3) is 5.91 Å². The van der Waals surface area contributed by atoms with Crippen LogP contribution in [0.2, 0.25) is 0 Å². The van der Waals surface area contributed by atoms with Gasteiger partial charge in [0, 0.05) is 6.54 Å². The fourth-order valence-corrected chi connectivity index (χ4v) is 2.30. The first-order valence-electron chi connectivity index (χ1n) is 8.44. The van der Waals surface area contributed by atoms with E-state index in [0.717, 1.165) is 16.7 Å². The van der Waals surface area contributed by atoms with Crippen LogP contribution in [0.4, 0.5) is 8.78 Å². The highest BCUT2D eigenvalue weighted by Gasteiger charge is 2.09. The molecule has 5 nitrogen and oxygen atoms in total. The molecule has 2 rings (SSSR count). The summed E-state index contributed by atoms with van der Waals surface area (Å²) in [7, 11) is 0. The number of nitrogens with one attached hydrogen (secondary N) is 1. The van der Waals surface area contributed by atoms with E-state index in [-0.39, 0.29) is 18.8 Å². The lowest BCUT2D eigenvalue weighted by Gasteiger charge is -2.08. The van der Waals surface area contributed by atoms with Crippen LogP contribution in [0.5, 0.6) is 5.75 Å². The molecule has 1 N–H and O–H groups in total. The number of rotatable bonds is 9. The van der Waals surface area contributed by atoms with E-state index in [1.54, 1.807) is 12.1 Å². The molecule has 0 saturated carbocycles. The van der Waals surface area contributed by atoms with Crippen LogP contribution in [0.15, 0.2) is 48.5 Å². The zero-order chi connectivity index (χ0) is 19.6. The van der Waals surface area contributed by atoms with Crippen molar-refractivity contribution in [2.45, 2.75) is 26.4 Å². The third-order valence-electron chi connectivity index (χ3n) is 3.72. The fourth-order valence-electron chi connectivity index (χ4n) is 2.30. The van der Waals surface area contributed by atoms with Crippen molar-refractivity contribution in [1.29, 1.82) is 0 Å². The summed E-state index contributed by atoms with van der Waals surface area (Å²) in [5.74, 6) is -0.785. The van der Waals surface area contributed by atoms with E-state index in [1.165, 1.54) is 12.1 Å². The molecule has 0 aliphatic rings. The minimum absolute atomic E-state index is 0.0817. The van der Waals surface area contributed by atoms with E-state index in [4.69, 9.17) is 4.74 Å². The van der Waals surface area contributed by atoms with Crippen LogP contribution in [0, 0.1) is 6.92 Å². The smallest absolute Gasteiger partial charge is 0.387 e. The summed E-state index contributed by atoms with van der Waals surface area (Å²) in [6.07, 6.45) is 0.624. The summed E-state index contributed by atoms with van der Waals surface area (Å²) in [6.45, 7) is -0.906. The predicted molar refractivity (Wildman–Crippen MR) is 95.6 cm³/mol. The summed E-state index contributed by atoms with van der Waals surface area (Å²) in [6, 6.07) is 13.7. The first-order valence-corrected chi connectivity index (χ1v) is 8.44. The lowest BCUT2D eigenvalue weighted by molar-refractivity contribution is -0.147. The van der Waals surface area contributed by atoms with E-state index in [1.807, 2.05) is 31.2 Å². The van der Waals surface area contributed by atoms with Crippen LogP contribution >= 0.6 is 0 Å². The largest absolute Gasteiger partial charge is 0.455 e. The molecule has 0 radical (unpaired) electrons. The van der Waals surface area contributed by atoms with E-state index < -0.39 is 18.5 Å². The molecule has 0 spiro atoms. The summed E-state index contributed by atoms with van der Waals surface area (Å²) in [5.41, 5.74) is 2.78. The molecule has 2 aromatic carbocycles. The second-order valence-corrected chi connectivity index (χ2v) is 5.95. The van der Waals surface area contributed by atoms with Crippen LogP contribution in [0.3, 0.4) is 0 Å². The number of alkyl halides is 2. The number of ether oxygens (including phenoxy) is 2. The Kier molecular flexibility index (Phi) is 7.73. The molecule has 0 aromatic heterocycles. The molecule has 0 bridgehead atoms. The number of aryl methyl sites for hydroxylation is 1. The molecule has 0 aliphatic heterocycles. The van der Waals surface area contributed by atoms with Crippen LogP contribution in [-0.2, 0) is 27.2 Å². The molecule has 2 aromatic rings. The molecule has 1 amide bonds. The maximum atomic E-state index is 12.1. The summed E-state index contributed by atoms with van der Waals surface area (Å²) in [5, 5.41) is 2.64. The van der Waals surface area contributed by atoms with Crippen LogP contribution in [0.25, 0.3) is 0 Å². The summed E-state index contributed by atoms with van der Waals surface area (Å²) in [4.78, 5) is 23.5. The van der Waals surface area contributed by atoms with Gasteiger partial charge in [0.2, 0.25) is 0 Å². The van der Waals surface area contributed by atoms with Crippen molar-refractivity contribution in [2.75, 3.05) is 13.2 Å². The molecule has 0 unspecified atom stereocenters. The van der Waals surface area contributed by atoms with E-state index in [0.29, 0.717) is 13.0 Å². The zero-order valence-corrected chi connectivity index (χ0v) is 14.9. The molecule has 0 atom stereocenters. The van der Waals surface area contributed by atoms with Crippen LogP contribution in [-0.4, -0.2) is 31.6 Å². The van der Waals surface area contributed by atoms with Gasteiger partial charge in [-0.2, -0.15) is 8.78 Å². The first-order chi connectivity index (χ1) is 12.9. The normalized spacial score (nSPS) is 10.5. The standard InChI is InChI=1S/C20H21F2NO4/c1-14-2-4-16(5-3-14)12-19(25)26-13-18(24)23-11-10-15-6-8-17(9-7-15)27-20(21)22/h2-9,20H,10-13H2,1H3,(H,23,24). The highest BCUT2D eigenvalue weighted by Crippen LogP contribution is 2.15. The second-order valence-electron chi connectivity index (χ2n) is 5.95. The number of amides is 1. The van der Waals surface area contributed by atoms with Crippen molar-refractivity contribution >= 4 is 11.9 Å². The highest BCUT2D eigenvalue weighted by molar-refractivity contribution is 5.81. The average Bonchev–Trinajstić information content (AvgIpc) is 2.63. The number of halogens is 2. The zero-order valence-electron chi connectivity index (χ0n) is 14.9. The molecule has 0 saturated heterocycles. The van der Waals surface area contributed by atoms with Crippen molar-refractivity contribution in [2.24, 2.45) is 0 Å². The molecule has 144 valence electrons. The van der Waals surface area contributed by atoms with Gasteiger partial charge in [0.15, 0.2) is 6.61 Å². The summed E-state index contributed by atoms with van der Waals surface area (Å²) < 4.78 is 33.4. The Morgan fingerprint density at radius 3 is 2.26 bits per heavy atom. The minimum Gasteiger partial charge on any atom is -0.455 e. The molecule has 0 aliphatic carbocycles. The predicted octanol–water partition coefficient (Wildman–Crippen LogP) is 3.04. The van der Waals surface area contributed by atoms with Crippen LogP contribution < -0.4 is 10.1 Å². The number of benzene rings is 2. The first kappa shape index (κ1) is 20.4. The van der Waals surface area contributed by atoms with Gasteiger partial charge in [-0.15, -0.1) is 0 Å². The monoisotopic (exact) mass is 377 g/mol. The van der Waals surface area contributed by atoms with E-state index in [2.05, 4.69) is 10.1 Å². The molecule has 27 heavy (non-hydrogen) atoms. The van der Waals surface area contributed by atoms with Crippen molar-refractivity contribution in [3.63, 3.8) is 0 Å². The van der Waals surface area contributed by atoms with Crippen molar-refractivity contribution in [3.05, 3.63) is 65.2 Å². The number of carbonyl (C=O) groups excluding carboxylic acids is 2. The SMILES string of the molecule is Cc1ccc(CC(=O)OCC(=O)NCCc2ccc(OC(F)F)cc2)cc1. The molecular weight excluding hydrogens is 356 g/mol. The Balaban J connectivity index is 1.64. The van der Waals surface area contributed by atoms with Gasteiger partial charge in [0.1, 0.15) is 5.75 Å². The Morgan fingerprint density at radius 1 is 1.00 bits per heavy atom. The Morgan fingerprint density at radius 2 is 1.63 bits per heavy atom. The molecule has 0 fully saturated rings. The average molecular weight is 377 g/mol. The number of esters is 1. The van der Waals surface area contributed by atoms with E-state index in [9.17, 15) is 18.4 Å². The molecule has 0 heterocycles. The van der Waals surface area contributed by atoms with Gasteiger partial charge >= 0.3 is 12.6 Å². The minimum atomic E-state index is -2.86. The molecular formula is C20H21F2NO4. The summed E-state index contributed by atoms with van der Waals surface area (Å²) >= 11 is 0. The van der Waals surface area contributed by atoms with Gasteiger partial charge in [0.05, 0.1) is 6.42 Å².